The van der Waals surface area contributed by atoms with Gasteiger partial charge < -0.3 is 4.74 Å². The fourth-order valence-electron chi connectivity index (χ4n) is 2.22. The van der Waals surface area contributed by atoms with Crippen LogP contribution in [0, 0.1) is 5.92 Å². The molecule has 0 aromatic carbocycles. The molecule has 1 fully saturated rings. The number of allylic oxidation sites excluding steroid dienone is 4. The fourth-order valence-corrected chi connectivity index (χ4v) is 2.22. The summed E-state index contributed by atoms with van der Waals surface area (Å²) < 4.78 is 5.05. The molecule has 2 nitrogen and oxygen atoms in total. The van der Waals surface area contributed by atoms with E-state index in [1.165, 1.54) is 19.3 Å². The first-order valence-electron chi connectivity index (χ1n) is 7.27. The summed E-state index contributed by atoms with van der Waals surface area (Å²) in [5, 5.41) is 0. The lowest BCUT2D eigenvalue weighted by molar-refractivity contribution is -0.153. The third kappa shape index (κ3) is 6.63. The summed E-state index contributed by atoms with van der Waals surface area (Å²) in [5.41, 5.74) is 0. The van der Waals surface area contributed by atoms with Crippen molar-refractivity contribution in [2.24, 2.45) is 5.92 Å². The van der Waals surface area contributed by atoms with Crippen molar-refractivity contribution < 1.29 is 9.53 Å². The van der Waals surface area contributed by atoms with Gasteiger partial charge in [-0.1, -0.05) is 24.3 Å². The Morgan fingerprint density at radius 2 is 1.89 bits per heavy atom. The predicted octanol–water partition coefficient (Wildman–Crippen LogP) is 4.41. The van der Waals surface area contributed by atoms with Crippen LogP contribution in [0.4, 0.5) is 0 Å². The zero-order valence-corrected chi connectivity index (χ0v) is 11.6. The highest BCUT2D eigenvalue weighted by atomic mass is 16.5. The SMILES string of the molecule is CC=CCCCC/C=C\CCC1CCCOC1=O. The Morgan fingerprint density at radius 3 is 2.61 bits per heavy atom. The quantitative estimate of drug-likeness (QED) is 0.362. The topological polar surface area (TPSA) is 26.3 Å². The van der Waals surface area contributed by atoms with E-state index in [9.17, 15) is 4.79 Å². The molecule has 1 saturated heterocycles. The van der Waals surface area contributed by atoms with Crippen LogP contribution in [0.15, 0.2) is 24.3 Å². The summed E-state index contributed by atoms with van der Waals surface area (Å²) in [7, 11) is 0. The molecule has 1 aliphatic heterocycles. The number of hydrogen-bond donors (Lipinski definition) is 0. The van der Waals surface area contributed by atoms with Crippen molar-refractivity contribution in [1.82, 2.24) is 0 Å². The van der Waals surface area contributed by atoms with Gasteiger partial charge in [-0.3, -0.25) is 4.79 Å². The Hall–Kier alpha value is -1.05. The van der Waals surface area contributed by atoms with Gasteiger partial charge in [-0.15, -0.1) is 0 Å². The van der Waals surface area contributed by atoms with Crippen LogP contribution in [-0.4, -0.2) is 12.6 Å². The van der Waals surface area contributed by atoms with E-state index in [4.69, 9.17) is 4.74 Å². The minimum absolute atomic E-state index is 0.0148. The van der Waals surface area contributed by atoms with Crippen LogP contribution < -0.4 is 0 Å². The molecule has 0 amide bonds. The molecular weight excluding hydrogens is 224 g/mol. The predicted molar refractivity (Wildman–Crippen MR) is 75.3 cm³/mol. The number of unbranched alkanes of at least 4 members (excludes halogenated alkanes) is 3. The van der Waals surface area contributed by atoms with E-state index >= 15 is 0 Å². The third-order valence-electron chi connectivity index (χ3n) is 3.35. The highest BCUT2D eigenvalue weighted by molar-refractivity contribution is 5.72. The first-order chi connectivity index (χ1) is 8.84. The molecule has 1 aliphatic rings. The summed E-state index contributed by atoms with van der Waals surface area (Å²) in [5.74, 6) is 0.166. The van der Waals surface area contributed by atoms with E-state index in [1.54, 1.807) is 0 Å². The number of cyclic esters (lactones) is 1. The van der Waals surface area contributed by atoms with Gasteiger partial charge in [0.25, 0.3) is 0 Å². The average Bonchev–Trinajstić information content (AvgIpc) is 2.39. The Balaban J connectivity index is 1.98. The Morgan fingerprint density at radius 1 is 1.17 bits per heavy atom. The van der Waals surface area contributed by atoms with Crippen molar-refractivity contribution in [1.29, 1.82) is 0 Å². The zero-order chi connectivity index (χ0) is 13.1. The van der Waals surface area contributed by atoms with Crippen molar-refractivity contribution in [3.05, 3.63) is 24.3 Å². The van der Waals surface area contributed by atoms with Crippen LogP contribution in [0.25, 0.3) is 0 Å². The molecule has 1 unspecified atom stereocenters. The van der Waals surface area contributed by atoms with Crippen LogP contribution in [0.1, 0.15) is 58.3 Å². The first-order valence-corrected chi connectivity index (χ1v) is 7.27. The molecule has 0 saturated carbocycles. The first kappa shape index (κ1) is 15.0. The number of hydrogen-bond acceptors (Lipinski definition) is 2. The van der Waals surface area contributed by atoms with E-state index in [1.807, 2.05) is 0 Å². The standard InChI is InChI=1S/C16H26O2/c1-2-3-4-5-6-7-8-9-10-12-15-13-11-14-18-16(15)17/h2-3,8-9,15H,4-7,10-14H2,1H3/b3-2?,9-8-. The molecule has 18 heavy (non-hydrogen) atoms. The molecule has 102 valence electrons. The van der Waals surface area contributed by atoms with Crippen molar-refractivity contribution in [3.63, 3.8) is 0 Å². The largest absolute Gasteiger partial charge is 0.465 e. The molecule has 0 aromatic rings. The van der Waals surface area contributed by atoms with Crippen LogP contribution in [0.5, 0.6) is 0 Å². The molecule has 1 rings (SSSR count). The Labute approximate surface area is 111 Å². The van der Waals surface area contributed by atoms with E-state index in [0.29, 0.717) is 6.61 Å². The van der Waals surface area contributed by atoms with E-state index in [0.717, 1.165) is 32.1 Å². The second-order valence-electron chi connectivity index (χ2n) is 4.91. The van der Waals surface area contributed by atoms with Gasteiger partial charge in [-0.25, -0.2) is 0 Å². The van der Waals surface area contributed by atoms with Crippen molar-refractivity contribution in [2.75, 3.05) is 6.61 Å². The summed E-state index contributed by atoms with van der Waals surface area (Å²) >= 11 is 0. The summed E-state index contributed by atoms with van der Waals surface area (Å²) in [6, 6.07) is 0. The van der Waals surface area contributed by atoms with Gasteiger partial charge in [0, 0.05) is 0 Å². The fraction of sp³-hybridized carbons (Fsp3) is 0.688. The highest BCUT2D eigenvalue weighted by Gasteiger charge is 2.22. The maximum atomic E-state index is 11.4. The normalized spacial score (nSPS) is 20.7. The Bertz CT molecular complexity index is 279. The molecule has 0 bridgehead atoms. The van der Waals surface area contributed by atoms with Gasteiger partial charge in [0.1, 0.15) is 0 Å². The maximum absolute atomic E-state index is 11.4. The Kier molecular flexibility index (Phi) is 8.28. The average molecular weight is 250 g/mol. The monoisotopic (exact) mass is 250 g/mol. The third-order valence-corrected chi connectivity index (χ3v) is 3.35. The van der Waals surface area contributed by atoms with Gasteiger partial charge in [0.2, 0.25) is 0 Å². The highest BCUT2D eigenvalue weighted by Crippen LogP contribution is 2.20. The lowest BCUT2D eigenvalue weighted by Crippen LogP contribution is -2.23. The molecule has 0 radical (unpaired) electrons. The van der Waals surface area contributed by atoms with Crippen molar-refractivity contribution in [2.45, 2.75) is 58.3 Å². The maximum Gasteiger partial charge on any atom is 0.308 e. The minimum atomic E-state index is 0.0148. The number of ether oxygens (including phenoxy) is 1. The summed E-state index contributed by atoms with van der Waals surface area (Å²) in [4.78, 5) is 11.4. The minimum Gasteiger partial charge on any atom is -0.465 e. The second-order valence-corrected chi connectivity index (χ2v) is 4.91. The number of esters is 1. The lowest BCUT2D eigenvalue weighted by Gasteiger charge is -2.19. The number of carbonyl (C=O) groups excluding carboxylic acids is 1. The van der Waals surface area contributed by atoms with E-state index < -0.39 is 0 Å². The molecule has 1 heterocycles. The molecule has 0 aliphatic carbocycles. The van der Waals surface area contributed by atoms with E-state index in [-0.39, 0.29) is 11.9 Å². The molecule has 2 heteroatoms. The summed E-state index contributed by atoms with van der Waals surface area (Å²) in [6.45, 7) is 2.69. The van der Waals surface area contributed by atoms with Crippen LogP contribution >= 0.6 is 0 Å². The van der Waals surface area contributed by atoms with Gasteiger partial charge in [-0.05, 0) is 58.3 Å². The van der Waals surface area contributed by atoms with Crippen molar-refractivity contribution >= 4 is 5.97 Å². The van der Waals surface area contributed by atoms with Crippen LogP contribution in [0.2, 0.25) is 0 Å². The van der Waals surface area contributed by atoms with Crippen LogP contribution in [0.3, 0.4) is 0 Å². The molecule has 0 spiro atoms. The molecule has 0 N–H and O–H groups in total. The van der Waals surface area contributed by atoms with E-state index in [2.05, 4.69) is 31.2 Å². The van der Waals surface area contributed by atoms with Gasteiger partial charge in [0.05, 0.1) is 12.5 Å². The zero-order valence-electron chi connectivity index (χ0n) is 11.6. The van der Waals surface area contributed by atoms with Gasteiger partial charge >= 0.3 is 5.97 Å². The molecule has 0 aromatic heterocycles. The lowest BCUT2D eigenvalue weighted by atomic mass is 9.96. The summed E-state index contributed by atoms with van der Waals surface area (Å²) in [6.07, 6.45) is 17.7. The smallest absolute Gasteiger partial charge is 0.308 e. The van der Waals surface area contributed by atoms with Gasteiger partial charge in [-0.2, -0.15) is 0 Å². The number of rotatable bonds is 8. The molecular formula is C16H26O2. The molecule has 1 atom stereocenters. The number of carbonyl (C=O) groups is 1. The van der Waals surface area contributed by atoms with Crippen LogP contribution in [-0.2, 0) is 9.53 Å². The van der Waals surface area contributed by atoms with Crippen molar-refractivity contribution in [3.8, 4) is 0 Å². The van der Waals surface area contributed by atoms with Gasteiger partial charge in [0.15, 0.2) is 0 Å². The second kappa shape index (κ2) is 9.93.